The highest BCUT2D eigenvalue weighted by Gasteiger charge is 2.46. The molecule has 1 spiro atoms. The van der Waals surface area contributed by atoms with Crippen molar-refractivity contribution in [3.8, 4) is 11.1 Å². The molecular weight excluding hydrogens is 849 g/mol. The summed E-state index contributed by atoms with van der Waals surface area (Å²) < 4.78 is 0. The van der Waals surface area contributed by atoms with Crippen molar-refractivity contribution in [2.75, 3.05) is 19.6 Å². The third-order valence-corrected chi connectivity index (χ3v) is 15.9. The number of nitrogens with zero attached hydrogens (tertiary/aromatic N) is 4. The maximum atomic E-state index is 2.62. The molecule has 14 rings (SSSR count). The maximum absolute atomic E-state index is 2.62. The Bertz CT molecular complexity index is 3550. The smallest absolute Gasteiger partial charge is 0.0703 e. The minimum atomic E-state index is 0.00671. The fourth-order valence-electron chi connectivity index (χ4n) is 12.8. The fourth-order valence-corrected chi connectivity index (χ4v) is 12.8. The van der Waals surface area contributed by atoms with E-state index < -0.39 is 0 Å². The predicted octanol–water partition coefficient (Wildman–Crippen LogP) is 18.5. The molecule has 4 nitrogen and oxygen atoms in total. The van der Waals surface area contributed by atoms with Gasteiger partial charge in [0, 0.05) is 27.9 Å². The van der Waals surface area contributed by atoms with E-state index in [9.17, 15) is 0 Å². The van der Waals surface area contributed by atoms with Crippen LogP contribution < -0.4 is 19.6 Å². The van der Waals surface area contributed by atoms with Crippen molar-refractivity contribution in [1.29, 1.82) is 0 Å². The fraction of sp³-hybridized carbons (Fsp3) is 0.121. The van der Waals surface area contributed by atoms with Gasteiger partial charge in [0.05, 0.1) is 51.2 Å². The van der Waals surface area contributed by atoms with Crippen LogP contribution in [0.2, 0.25) is 0 Å². The molecule has 0 radical (unpaired) electrons. The van der Waals surface area contributed by atoms with Gasteiger partial charge in [-0.15, -0.1) is 0 Å². The predicted molar refractivity (Wildman–Crippen MR) is 293 cm³/mol. The van der Waals surface area contributed by atoms with Gasteiger partial charge in [-0.05, 0) is 155 Å². The van der Waals surface area contributed by atoms with Gasteiger partial charge in [0.25, 0.3) is 0 Å². The second-order valence-corrected chi connectivity index (χ2v) is 19.7. The maximum Gasteiger partial charge on any atom is 0.0703 e. The molecule has 0 bridgehead atoms. The van der Waals surface area contributed by atoms with Crippen LogP contribution in [0.3, 0.4) is 0 Å². The van der Waals surface area contributed by atoms with E-state index in [4.69, 9.17) is 0 Å². The third-order valence-electron chi connectivity index (χ3n) is 15.9. The van der Waals surface area contributed by atoms with Crippen LogP contribution in [0.4, 0.5) is 68.2 Å². The lowest BCUT2D eigenvalue weighted by Crippen LogP contribution is -2.25. The molecule has 336 valence electrons. The largest absolute Gasteiger partial charge is 0.306 e. The van der Waals surface area contributed by atoms with Crippen molar-refractivity contribution in [2.24, 2.45) is 0 Å². The molecule has 10 aromatic carbocycles. The molecule has 1 unspecified atom stereocenters. The average molecular weight is 901 g/mol. The van der Waals surface area contributed by atoms with Crippen molar-refractivity contribution >= 4 is 79.0 Å². The molecule has 1 saturated carbocycles. The highest BCUT2D eigenvalue weighted by atomic mass is 15.3. The minimum Gasteiger partial charge on any atom is -0.306 e. The lowest BCUT2D eigenvalue weighted by atomic mass is 9.75. The Morgan fingerprint density at radius 1 is 0.357 bits per heavy atom. The molecule has 1 fully saturated rings. The van der Waals surface area contributed by atoms with Crippen LogP contribution in [-0.4, -0.2) is 0 Å². The molecule has 10 aromatic rings. The van der Waals surface area contributed by atoms with E-state index in [1.54, 1.807) is 0 Å². The highest BCUT2D eigenvalue weighted by Crippen LogP contribution is 2.61. The van der Waals surface area contributed by atoms with Crippen LogP contribution in [0.1, 0.15) is 60.8 Å². The second-order valence-electron chi connectivity index (χ2n) is 19.7. The van der Waals surface area contributed by atoms with Crippen LogP contribution in [0.25, 0.3) is 21.9 Å². The molecular formula is C66H52N4. The summed E-state index contributed by atoms with van der Waals surface area (Å²) in [6.07, 6.45) is 5.81. The first-order valence-electron chi connectivity index (χ1n) is 25.1. The summed E-state index contributed by atoms with van der Waals surface area (Å²) in [4.78, 5) is 9.79. The number of hydrogen-bond acceptors (Lipinski definition) is 4. The van der Waals surface area contributed by atoms with Crippen molar-refractivity contribution in [3.05, 3.63) is 253 Å². The summed E-state index contributed by atoms with van der Waals surface area (Å²) in [5, 5.41) is 2.58. The Morgan fingerprint density at radius 2 is 0.771 bits per heavy atom. The molecule has 0 N–H and O–H groups in total. The molecule has 0 aromatic heterocycles. The molecule has 1 atom stereocenters. The van der Waals surface area contributed by atoms with Gasteiger partial charge >= 0.3 is 0 Å². The number of rotatable bonds is 7. The van der Waals surface area contributed by atoms with E-state index in [0.29, 0.717) is 5.92 Å². The van der Waals surface area contributed by atoms with Gasteiger partial charge in [-0.3, -0.25) is 0 Å². The van der Waals surface area contributed by atoms with E-state index in [2.05, 4.69) is 257 Å². The number of benzene rings is 10. The van der Waals surface area contributed by atoms with Crippen molar-refractivity contribution in [1.82, 2.24) is 0 Å². The molecule has 4 aliphatic rings. The molecule has 4 heteroatoms. The summed E-state index contributed by atoms with van der Waals surface area (Å²) in [6, 6.07) is 85.7. The van der Waals surface area contributed by atoms with E-state index in [1.807, 2.05) is 0 Å². The molecule has 70 heavy (non-hydrogen) atoms. The first-order chi connectivity index (χ1) is 34.6. The van der Waals surface area contributed by atoms with Gasteiger partial charge in [-0.1, -0.05) is 159 Å². The van der Waals surface area contributed by atoms with Crippen molar-refractivity contribution < 1.29 is 0 Å². The summed E-state index contributed by atoms with van der Waals surface area (Å²) in [5.74, 6) is 0.321. The quantitative estimate of drug-likeness (QED) is 0.158. The molecule has 0 saturated heterocycles. The number of anilines is 12. The van der Waals surface area contributed by atoms with E-state index in [1.165, 1.54) is 127 Å². The van der Waals surface area contributed by atoms with Gasteiger partial charge in [-0.2, -0.15) is 0 Å². The lowest BCUT2D eigenvalue weighted by Gasteiger charge is -2.40. The van der Waals surface area contributed by atoms with Crippen molar-refractivity contribution in [2.45, 2.75) is 50.4 Å². The standard InChI is InChI=1S/C66H52N4/c1-45(42-47-35-39-57(54-25-9-8-24-51(47)54)70-64-32-16-14-30-62(64)68(49-22-6-3-7-23-49)63-31-15-17-33-65(63)70)46-34-37-52-53-38-36-50(44-56(53)66(55(52)43-46)40-18-19-41-66)69-60-28-12-10-26-58(60)67(48-20-4-2-5-21-48)59-27-11-13-29-61(59)69/h2-17,20-39,43-45H,18-19,40-42H2,1H3. The molecule has 2 heterocycles. The monoisotopic (exact) mass is 900 g/mol. The zero-order chi connectivity index (χ0) is 46.3. The number of hydrogen-bond donors (Lipinski definition) is 0. The number of fused-ring (bicyclic) bond motifs is 10. The molecule has 2 aliphatic heterocycles. The Labute approximate surface area is 411 Å². The normalized spacial score (nSPS) is 15.3. The van der Waals surface area contributed by atoms with Gasteiger partial charge < -0.3 is 19.6 Å². The van der Waals surface area contributed by atoms with Gasteiger partial charge in [-0.25, -0.2) is 0 Å². The highest BCUT2D eigenvalue weighted by molar-refractivity contribution is 6.08. The molecule has 2 aliphatic carbocycles. The molecule has 0 amide bonds. The van der Waals surface area contributed by atoms with E-state index in [0.717, 1.165) is 17.8 Å². The summed E-state index contributed by atoms with van der Waals surface area (Å²) in [5.41, 5.74) is 22.8. The van der Waals surface area contributed by atoms with Crippen LogP contribution >= 0.6 is 0 Å². The van der Waals surface area contributed by atoms with Gasteiger partial charge in [0.2, 0.25) is 0 Å². The van der Waals surface area contributed by atoms with Crippen molar-refractivity contribution in [3.63, 3.8) is 0 Å². The average Bonchev–Trinajstić information content (AvgIpc) is 4.03. The van der Waals surface area contributed by atoms with Crippen LogP contribution in [0, 0.1) is 0 Å². The Kier molecular flexibility index (Phi) is 9.39. The first-order valence-corrected chi connectivity index (χ1v) is 25.1. The SMILES string of the molecule is CC(Cc1ccc(N2c3ccccc3N(c3ccccc3)c3ccccc32)c2ccccc12)c1ccc2c(c1)C1(CCCC1)c1cc(N3c4ccccc4N(c4ccccc4)c4ccccc43)ccc1-2. The van der Waals surface area contributed by atoms with Gasteiger partial charge in [0.15, 0.2) is 0 Å². The van der Waals surface area contributed by atoms with Gasteiger partial charge in [0.1, 0.15) is 0 Å². The van der Waals surface area contributed by atoms with Crippen LogP contribution in [-0.2, 0) is 11.8 Å². The Balaban J connectivity index is 0.813. The Hall–Kier alpha value is -8.34. The zero-order valence-electron chi connectivity index (χ0n) is 39.3. The Morgan fingerprint density at radius 3 is 1.29 bits per heavy atom. The van der Waals surface area contributed by atoms with E-state index >= 15 is 0 Å². The summed E-state index contributed by atoms with van der Waals surface area (Å²) in [6.45, 7) is 2.44. The zero-order valence-corrected chi connectivity index (χ0v) is 39.3. The van der Waals surface area contributed by atoms with Crippen LogP contribution in [0.5, 0.6) is 0 Å². The number of para-hydroxylation sites is 10. The minimum absolute atomic E-state index is 0.00671. The van der Waals surface area contributed by atoms with Crippen LogP contribution in [0.15, 0.2) is 231 Å². The lowest BCUT2D eigenvalue weighted by molar-refractivity contribution is 0.548. The topological polar surface area (TPSA) is 13.0 Å². The second kappa shape index (κ2) is 16.1. The summed E-state index contributed by atoms with van der Waals surface area (Å²) >= 11 is 0. The first kappa shape index (κ1) is 40.7. The summed E-state index contributed by atoms with van der Waals surface area (Å²) in [7, 11) is 0. The van der Waals surface area contributed by atoms with E-state index in [-0.39, 0.29) is 5.41 Å². The third kappa shape index (κ3) is 6.15.